The minimum atomic E-state index is -0.773. The molecule has 0 atom stereocenters. The van der Waals surface area contributed by atoms with Crippen molar-refractivity contribution in [1.29, 1.82) is 5.26 Å². The quantitative estimate of drug-likeness (QED) is 0.474. The van der Waals surface area contributed by atoms with Crippen LogP contribution < -0.4 is 10.5 Å². The molecule has 3 N–H and O–H groups in total. The first-order valence-corrected chi connectivity index (χ1v) is 5.03. The van der Waals surface area contributed by atoms with Crippen molar-refractivity contribution in [2.75, 3.05) is 7.11 Å². The van der Waals surface area contributed by atoms with Gasteiger partial charge in [0.15, 0.2) is 11.5 Å². The fourth-order valence-corrected chi connectivity index (χ4v) is 1.23. The molecule has 1 aromatic rings. The average Bonchev–Trinajstić information content (AvgIpc) is 2.36. The standard InChI is InChI=1S/C13H12N2O3/c1-18-12-7-9(5-6-11(12)16)3-2-4-10(8-14)13(15)17/h2-7,16H,1H3,(H2,15,17)/b3-2+,10-4+. The maximum Gasteiger partial charge on any atom is 0.259 e. The summed E-state index contributed by atoms with van der Waals surface area (Å²) in [5.41, 5.74) is 5.60. The Bertz CT molecular complexity index is 554. The van der Waals surface area contributed by atoms with Crippen LogP contribution in [0.2, 0.25) is 0 Å². The van der Waals surface area contributed by atoms with Crippen LogP contribution in [0.4, 0.5) is 0 Å². The smallest absolute Gasteiger partial charge is 0.259 e. The van der Waals surface area contributed by atoms with Crippen molar-refractivity contribution in [2.45, 2.75) is 0 Å². The van der Waals surface area contributed by atoms with Crippen LogP contribution in [-0.4, -0.2) is 18.1 Å². The maximum absolute atomic E-state index is 10.8. The zero-order valence-corrected chi connectivity index (χ0v) is 9.75. The molecule has 0 aliphatic rings. The summed E-state index contributed by atoms with van der Waals surface area (Å²) in [6.07, 6.45) is 4.50. The highest BCUT2D eigenvalue weighted by molar-refractivity contribution is 5.96. The Morgan fingerprint density at radius 3 is 2.83 bits per heavy atom. The van der Waals surface area contributed by atoms with E-state index in [2.05, 4.69) is 0 Å². The number of methoxy groups -OCH3 is 1. The van der Waals surface area contributed by atoms with E-state index < -0.39 is 5.91 Å². The molecular weight excluding hydrogens is 232 g/mol. The number of rotatable bonds is 4. The van der Waals surface area contributed by atoms with E-state index in [1.807, 2.05) is 0 Å². The van der Waals surface area contributed by atoms with Crippen LogP contribution in [-0.2, 0) is 4.79 Å². The normalized spacial score (nSPS) is 11.2. The Labute approximate surface area is 104 Å². The number of carbonyl (C=O) groups is 1. The molecule has 1 amide bonds. The van der Waals surface area contributed by atoms with Crippen molar-refractivity contribution in [2.24, 2.45) is 5.73 Å². The summed E-state index contributed by atoms with van der Waals surface area (Å²) in [5, 5.41) is 18.0. The molecule has 0 radical (unpaired) electrons. The zero-order chi connectivity index (χ0) is 13.5. The van der Waals surface area contributed by atoms with Crippen molar-refractivity contribution >= 4 is 12.0 Å². The number of aromatic hydroxyl groups is 1. The van der Waals surface area contributed by atoms with Gasteiger partial charge >= 0.3 is 0 Å². The Kier molecular flexibility index (Phi) is 4.52. The topological polar surface area (TPSA) is 96.3 Å². The highest BCUT2D eigenvalue weighted by Gasteiger charge is 2.01. The number of nitriles is 1. The van der Waals surface area contributed by atoms with Gasteiger partial charge in [-0.25, -0.2) is 0 Å². The molecule has 1 aromatic carbocycles. The van der Waals surface area contributed by atoms with Gasteiger partial charge in [0.05, 0.1) is 7.11 Å². The van der Waals surface area contributed by atoms with E-state index in [1.165, 1.54) is 25.3 Å². The predicted molar refractivity (Wildman–Crippen MR) is 66.6 cm³/mol. The minimum Gasteiger partial charge on any atom is -0.504 e. The van der Waals surface area contributed by atoms with Crippen molar-refractivity contribution < 1.29 is 14.6 Å². The summed E-state index contributed by atoms with van der Waals surface area (Å²) in [6, 6.07) is 6.46. The second kappa shape index (κ2) is 6.11. The molecule has 0 aliphatic heterocycles. The van der Waals surface area contributed by atoms with Crippen LogP contribution in [0.1, 0.15) is 5.56 Å². The second-order valence-corrected chi connectivity index (χ2v) is 3.35. The summed E-state index contributed by atoms with van der Waals surface area (Å²) < 4.78 is 4.95. The molecule has 0 saturated carbocycles. The van der Waals surface area contributed by atoms with Crippen molar-refractivity contribution in [3.05, 3.63) is 41.5 Å². The molecule has 0 saturated heterocycles. The van der Waals surface area contributed by atoms with Gasteiger partial charge < -0.3 is 15.6 Å². The minimum absolute atomic E-state index is 0.0417. The van der Waals surface area contributed by atoms with Crippen LogP contribution >= 0.6 is 0 Å². The molecule has 5 heteroatoms. The summed E-state index contributed by atoms with van der Waals surface area (Å²) in [5.74, 6) is -0.387. The molecule has 0 fully saturated rings. The molecule has 92 valence electrons. The third-order valence-electron chi connectivity index (χ3n) is 2.14. The lowest BCUT2D eigenvalue weighted by Gasteiger charge is -2.03. The van der Waals surface area contributed by atoms with Gasteiger partial charge in [-0.05, 0) is 23.8 Å². The van der Waals surface area contributed by atoms with Gasteiger partial charge in [0.2, 0.25) is 0 Å². The van der Waals surface area contributed by atoms with Gasteiger partial charge in [0.25, 0.3) is 5.91 Å². The number of amides is 1. The molecule has 0 spiro atoms. The van der Waals surface area contributed by atoms with E-state index in [-0.39, 0.29) is 11.3 Å². The number of nitrogens with two attached hydrogens (primary N) is 1. The number of ether oxygens (including phenoxy) is 1. The number of allylic oxidation sites excluding steroid dienone is 2. The van der Waals surface area contributed by atoms with Crippen LogP contribution in [0.15, 0.2) is 35.9 Å². The SMILES string of the molecule is COc1cc(/C=C/C=C(\C#N)C(N)=O)ccc1O. The van der Waals surface area contributed by atoms with Crippen LogP contribution in [0.3, 0.4) is 0 Å². The van der Waals surface area contributed by atoms with Gasteiger partial charge in [-0.1, -0.05) is 18.2 Å². The maximum atomic E-state index is 10.8. The predicted octanol–water partition coefficient (Wildman–Crippen LogP) is 1.35. The first kappa shape index (κ1) is 13.3. The lowest BCUT2D eigenvalue weighted by atomic mass is 10.1. The van der Waals surface area contributed by atoms with Gasteiger partial charge in [0.1, 0.15) is 11.6 Å². The first-order chi connectivity index (χ1) is 8.58. The number of hydrogen-bond donors (Lipinski definition) is 2. The molecule has 18 heavy (non-hydrogen) atoms. The van der Waals surface area contributed by atoms with E-state index >= 15 is 0 Å². The Balaban J connectivity index is 2.92. The van der Waals surface area contributed by atoms with Gasteiger partial charge in [-0.15, -0.1) is 0 Å². The van der Waals surface area contributed by atoms with E-state index in [9.17, 15) is 9.90 Å². The van der Waals surface area contributed by atoms with Gasteiger partial charge in [-0.3, -0.25) is 4.79 Å². The molecule has 0 bridgehead atoms. The third-order valence-corrected chi connectivity index (χ3v) is 2.14. The van der Waals surface area contributed by atoms with Gasteiger partial charge in [0, 0.05) is 0 Å². The van der Waals surface area contributed by atoms with Gasteiger partial charge in [-0.2, -0.15) is 5.26 Å². The molecule has 0 aliphatic carbocycles. The lowest BCUT2D eigenvalue weighted by Crippen LogP contribution is -2.12. The number of hydrogen-bond acceptors (Lipinski definition) is 4. The van der Waals surface area contributed by atoms with Crippen molar-refractivity contribution in [3.8, 4) is 17.6 Å². The molecule has 5 nitrogen and oxygen atoms in total. The van der Waals surface area contributed by atoms with Crippen LogP contribution in [0.5, 0.6) is 11.5 Å². The third kappa shape index (κ3) is 3.39. The Hall–Kier alpha value is -2.74. The average molecular weight is 244 g/mol. The number of primary amides is 1. The van der Waals surface area contributed by atoms with E-state index in [0.717, 1.165) is 5.56 Å². The number of carbonyl (C=O) groups excluding carboxylic acids is 1. The number of phenolic OH excluding ortho intramolecular Hbond substituents is 1. The largest absolute Gasteiger partial charge is 0.504 e. The Morgan fingerprint density at radius 2 is 2.28 bits per heavy atom. The fraction of sp³-hybridized carbons (Fsp3) is 0.0769. The summed E-state index contributed by atoms with van der Waals surface area (Å²) in [6.45, 7) is 0. The molecule has 0 aromatic heterocycles. The second-order valence-electron chi connectivity index (χ2n) is 3.35. The van der Waals surface area contributed by atoms with Crippen molar-refractivity contribution in [3.63, 3.8) is 0 Å². The fourth-order valence-electron chi connectivity index (χ4n) is 1.23. The summed E-state index contributed by atoms with van der Waals surface area (Å²) in [4.78, 5) is 10.8. The van der Waals surface area contributed by atoms with Crippen LogP contribution in [0, 0.1) is 11.3 Å². The highest BCUT2D eigenvalue weighted by atomic mass is 16.5. The summed E-state index contributed by atoms with van der Waals surface area (Å²) in [7, 11) is 1.45. The van der Waals surface area contributed by atoms with E-state index in [4.69, 9.17) is 15.7 Å². The first-order valence-electron chi connectivity index (χ1n) is 5.03. The number of benzene rings is 1. The highest BCUT2D eigenvalue weighted by Crippen LogP contribution is 2.26. The van der Waals surface area contributed by atoms with E-state index in [1.54, 1.807) is 24.3 Å². The van der Waals surface area contributed by atoms with Crippen molar-refractivity contribution in [1.82, 2.24) is 0 Å². The Morgan fingerprint density at radius 1 is 1.56 bits per heavy atom. The molecule has 1 rings (SSSR count). The zero-order valence-electron chi connectivity index (χ0n) is 9.75. The number of nitrogens with zero attached hydrogens (tertiary/aromatic N) is 1. The molecule has 0 heterocycles. The summed E-state index contributed by atoms with van der Waals surface area (Å²) >= 11 is 0. The number of phenols is 1. The monoisotopic (exact) mass is 244 g/mol. The molecule has 0 unspecified atom stereocenters. The molecular formula is C13H12N2O3. The van der Waals surface area contributed by atoms with Crippen LogP contribution in [0.25, 0.3) is 6.08 Å². The van der Waals surface area contributed by atoms with E-state index in [0.29, 0.717) is 5.75 Å². The lowest BCUT2D eigenvalue weighted by molar-refractivity contribution is -0.114.